The summed E-state index contributed by atoms with van der Waals surface area (Å²) in [7, 11) is 0. The molecule has 162 valence electrons. The third-order valence-corrected chi connectivity index (χ3v) is 8.79. The molecule has 1 amide bonds. The van der Waals surface area contributed by atoms with Gasteiger partial charge in [-0.15, -0.1) is 0 Å². The monoisotopic (exact) mass is 449 g/mol. The number of Topliss-reactive ketones (excluding diaryl/α,β-unsaturated/α-hetero) is 1. The Labute approximate surface area is 187 Å². The van der Waals surface area contributed by atoms with Gasteiger partial charge in [-0.25, -0.2) is 0 Å². The molecule has 4 aliphatic carbocycles. The molecule has 4 nitrogen and oxygen atoms in total. The van der Waals surface area contributed by atoms with E-state index in [0.29, 0.717) is 28.6 Å². The Bertz CT molecular complexity index is 877. The molecule has 0 saturated heterocycles. The van der Waals surface area contributed by atoms with Crippen LogP contribution in [0.2, 0.25) is 10.0 Å². The first kappa shape index (κ1) is 20.8. The van der Waals surface area contributed by atoms with Gasteiger partial charge in [0.1, 0.15) is 5.78 Å². The number of amides is 1. The van der Waals surface area contributed by atoms with Crippen LogP contribution in [0.25, 0.3) is 0 Å². The number of halogens is 2. The predicted octanol–water partition coefficient (Wildman–Crippen LogP) is 5.05. The van der Waals surface area contributed by atoms with Gasteiger partial charge in [-0.2, -0.15) is 0 Å². The molecule has 4 saturated carbocycles. The molecule has 1 heterocycles. The maximum absolute atomic E-state index is 13.3. The molecule has 5 aliphatic rings. The highest BCUT2D eigenvalue weighted by Gasteiger charge is 2.51. The number of aliphatic hydroxyl groups excluding tert-OH is 1. The van der Waals surface area contributed by atoms with Crippen molar-refractivity contribution in [1.29, 1.82) is 0 Å². The van der Waals surface area contributed by atoms with Crippen molar-refractivity contribution in [3.8, 4) is 0 Å². The highest BCUT2D eigenvalue weighted by atomic mass is 35.5. The third-order valence-electron chi connectivity index (χ3n) is 8.16. The van der Waals surface area contributed by atoms with Gasteiger partial charge in [0.15, 0.2) is 0 Å². The smallest absolute Gasteiger partial charge is 0.256 e. The second kappa shape index (κ2) is 7.50. The number of carbonyl (C=O) groups is 2. The Hall–Kier alpha value is -1.10. The first-order chi connectivity index (χ1) is 14.3. The first-order valence-electron chi connectivity index (χ1n) is 11.2. The fourth-order valence-electron chi connectivity index (χ4n) is 7.33. The molecule has 1 N–H and O–H groups in total. The second-order valence-electron chi connectivity index (χ2n) is 10.4. The highest BCUT2D eigenvalue weighted by Crippen LogP contribution is 2.61. The van der Waals surface area contributed by atoms with Crippen molar-refractivity contribution in [2.45, 2.75) is 70.9 Å². The largest absolute Gasteiger partial charge is 0.394 e. The van der Waals surface area contributed by atoms with Crippen molar-refractivity contribution in [3.63, 3.8) is 0 Å². The van der Waals surface area contributed by atoms with E-state index in [4.69, 9.17) is 23.2 Å². The topological polar surface area (TPSA) is 57.6 Å². The molecule has 0 aromatic heterocycles. The zero-order valence-corrected chi connectivity index (χ0v) is 18.9. The molecule has 1 aliphatic heterocycles. The van der Waals surface area contributed by atoms with E-state index in [2.05, 4.69) is 0 Å². The molecule has 1 aromatic carbocycles. The van der Waals surface area contributed by atoms with E-state index in [1.165, 1.54) is 38.5 Å². The number of aliphatic hydroxyl groups is 1. The van der Waals surface area contributed by atoms with Crippen molar-refractivity contribution in [3.05, 3.63) is 32.8 Å². The van der Waals surface area contributed by atoms with Crippen LogP contribution < -0.4 is 0 Å². The van der Waals surface area contributed by atoms with Crippen LogP contribution in [0.3, 0.4) is 0 Å². The van der Waals surface area contributed by atoms with Crippen LogP contribution in [0.5, 0.6) is 0 Å². The normalized spacial score (nSPS) is 32.6. The molecule has 0 spiro atoms. The van der Waals surface area contributed by atoms with Crippen LogP contribution in [-0.2, 0) is 17.8 Å². The van der Waals surface area contributed by atoms with E-state index in [9.17, 15) is 14.7 Å². The van der Waals surface area contributed by atoms with Crippen molar-refractivity contribution in [2.24, 2.45) is 23.2 Å². The van der Waals surface area contributed by atoms with E-state index < -0.39 is 0 Å². The second-order valence-corrected chi connectivity index (χ2v) is 11.3. The summed E-state index contributed by atoms with van der Waals surface area (Å²) < 4.78 is 0. The fraction of sp³-hybridized carbons (Fsp3) is 0.667. The summed E-state index contributed by atoms with van der Waals surface area (Å²) in [6, 6.07) is 1.29. The lowest BCUT2D eigenvalue weighted by atomic mass is 9.48. The van der Waals surface area contributed by atoms with Crippen LogP contribution in [0.4, 0.5) is 0 Å². The summed E-state index contributed by atoms with van der Waals surface area (Å²) in [5, 5.41) is 10.3. The van der Waals surface area contributed by atoms with Gasteiger partial charge in [-0.05, 0) is 85.8 Å². The fourth-order valence-corrected chi connectivity index (χ4v) is 7.98. The lowest BCUT2D eigenvalue weighted by molar-refractivity contribution is -0.126. The lowest BCUT2D eigenvalue weighted by Gasteiger charge is -2.56. The standard InChI is InChI=1S/C24H29Cl2NO3/c1-13(12-28)27-11-19-18(20(25)6-21(26)22(19)23(27)30)5-17(29)10-24-7-14-2-15(8-24)4-16(3-14)9-24/h6,13-16,28H,2-5,7-12H2,1H3/t13-,14?,15?,16?,24?/m1/s1. The number of benzene rings is 1. The van der Waals surface area contributed by atoms with Crippen molar-refractivity contribution >= 4 is 34.9 Å². The van der Waals surface area contributed by atoms with Crippen LogP contribution in [0.15, 0.2) is 6.07 Å². The Morgan fingerprint density at radius 3 is 2.33 bits per heavy atom. The minimum atomic E-state index is -0.310. The van der Waals surface area contributed by atoms with Crippen molar-refractivity contribution in [2.75, 3.05) is 6.61 Å². The average Bonchev–Trinajstić information content (AvgIpc) is 3.00. The Kier molecular flexibility index (Phi) is 5.19. The van der Waals surface area contributed by atoms with Crippen LogP contribution in [0.1, 0.15) is 73.4 Å². The molecule has 0 radical (unpaired) electrons. The van der Waals surface area contributed by atoms with Gasteiger partial charge in [0, 0.05) is 24.4 Å². The van der Waals surface area contributed by atoms with E-state index in [0.717, 1.165) is 28.9 Å². The quantitative estimate of drug-likeness (QED) is 0.660. The zero-order valence-electron chi connectivity index (χ0n) is 17.4. The summed E-state index contributed by atoms with van der Waals surface area (Å²) in [6.07, 6.45) is 8.61. The van der Waals surface area contributed by atoms with Gasteiger partial charge in [-0.1, -0.05) is 23.2 Å². The average molecular weight is 450 g/mol. The third kappa shape index (κ3) is 3.40. The van der Waals surface area contributed by atoms with Crippen molar-refractivity contribution < 1.29 is 14.7 Å². The minimum Gasteiger partial charge on any atom is -0.394 e. The number of ketones is 1. The molecule has 1 atom stereocenters. The number of rotatable bonds is 6. The molecule has 0 unspecified atom stereocenters. The van der Waals surface area contributed by atoms with E-state index in [-0.39, 0.29) is 36.2 Å². The van der Waals surface area contributed by atoms with E-state index >= 15 is 0 Å². The Morgan fingerprint density at radius 1 is 1.17 bits per heavy atom. The summed E-state index contributed by atoms with van der Waals surface area (Å²) in [5.74, 6) is 2.49. The Morgan fingerprint density at radius 2 is 1.77 bits per heavy atom. The van der Waals surface area contributed by atoms with E-state index in [1.807, 2.05) is 0 Å². The predicted molar refractivity (Wildman–Crippen MR) is 117 cm³/mol. The summed E-state index contributed by atoms with van der Waals surface area (Å²) >= 11 is 12.9. The molecule has 4 bridgehead atoms. The first-order valence-corrected chi connectivity index (χ1v) is 12.0. The molecule has 4 fully saturated rings. The molecular weight excluding hydrogens is 421 g/mol. The van der Waals surface area contributed by atoms with Crippen LogP contribution >= 0.6 is 23.2 Å². The van der Waals surface area contributed by atoms with Gasteiger partial charge < -0.3 is 10.0 Å². The number of fused-ring (bicyclic) bond motifs is 1. The van der Waals surface area contributed by atoms with Crippen LogP contribution in [-0.4, -0.2) is 34.3 Å². The molecule has 6 rings (SSSR count). The molecule has 1 aromatic rings. The summed E-state index contributed by atoms with van der Waals surface area (Å²) in [6.45, 7) is 2.03. The molecular formula is C24H29Cl2NO3. The summed E-state index contributed by atoms with van der Waals surface area (Å²) in [5.41, 5.74) is 2.14. The number of carbonyl (C=O) groups excluding carboxylic acids is 2. The maximum Gasteiger partial charge on any atom is 0.256 e. The number of hydrogen-bond acceptors (Lipinski definition) is 3. The maximum atomic E-state index is 13.3. The van der Waals surface area contributed by atoms with Gasteiger partial charge >= 0.3 is 0 Å². The van der Waals surface area contributed by atoms with Crippen molar-refractivity contribution in [1.82, 2.24) is 4.90 Å². The minimum absolute atomic E-state index is 0.120. The lowest BCUT2D eigenvalue weighted by Crippen LogP contribution is -2.47. The van der Waals surface area contributed by atoms with Crippen LogP contribution in [0, 0.1) is 23.2 Å². The zero-order chi connectivity index (χ0) is 21.2. The van der Waals surface area contributed by atoms with Gasteiger partial charge in [0.05, 0.1) is 23.2 Å². The number of nitrogens with zero attached hydrogens (tertiary/aromatic N) is 1. The molecule has 6 heteroatoms. The highest BCUT2D eigenvalue weighted by molar-refractivity contribution is 6.37. The van der Waals surface area contributed by atoms with Gasteiger partial charge in [0.2, 0.25) is 0 Å². The summed E-state index contributed by atoms with van der Waals surface area (Å²) in [4.78, 5) is 27.7. The number of hydrogen-bond donors (Lipinski definition) is 1. The van der Waals surface area contributed by atoms with Gasteiger partial charge in [-0.3, -0.25) is 9.59 Å². The van der Waals surface area contributed by atoms with Gasteiger partial charge in [0.25, 0.3) is 5.91 Å². The van der Waals surface area contributed by atoms with E-state index in [1.54, 1.807) is 17.9 Å². The molecule has 30 heavy (non-hydrogen) atoms. The SMILES string of the molecule is C[C@H](CO)N1Cc2c(CC(=O)CC34CC5CC(CC(C5)C3)C4)c(Cl)cc(Cl)c2C1=O. The Balaban J connectivity index is 1.38.